The Hall–Kier alpha value is -3.00. The van der Waals surface area contributed by atoms with Gasteiger partial charge in [-0.3, -0.25) is 4.79 Å². The number of benzene rings is 1. The van der Waals surface area contributed by atoms with Gasteiger partial charge in [0.15, 0.2) is 5.89 Å². The Balaban J connectivity index is 1.81. The Morgan fingerprint density at radius 1 is 1.20 bits per heavy atom. The number of rotatable bonds is 9. The smallest absolute Gasteiger partial charge is 0.256 e. The van der Waals surface area contributed by atoms with E-state index in [0.29, 0.717) is 48.1 Å². The van der Waals surface area contributed by atoms with E-state index >= 15 is 0 Å². The maximum Gasteiger partial charge on any atom is 0.256 e. The molecule has 8 heteroatoms. The molecule has 8 nitrogen and oxygen atoms in total. The van der Waals surface area contributed by atoms with Gasteiger partial charge in [-0.25, -0.2) is 4.98 Å². The van der Waals surface area contributed by atoms with Gasteiger partial charge in [-0.15, -0.1) is 0 Å². The number of unbranched alkanes of at least 4 members (excludes halogenated alkanes) is 1. The summed E-state index contributed by atoms with van der Waals surface area (Å²) in [6.45, 7) is 8.34. The van der Waals surface area contributed by atoms with E-state index in [0.717, 1.165) is 12.8 Å². The molecular weight excluding hydrogens is 382 g/mol. The molecule has 160 valence electrons. The fourth-order valence-electron chi connectivity index (χ4n) is 3.36. The minimum atomic E-state index is -1.07. The average Bonchev–Trinajstić information content (AvgIpc) is 3.37. The highest BCUT2D eigenvalue weighted by atomic mass is 16.4. The molecule has 0 saturated heterocycles. The highest BCUT2D eigenvalue weighted by Gasteiger charge is 2.25. The van der Waals surface area contributed by atoms with E-state index in [4.69, 9.17) is 4.42 Å². The largest absolute Gasteiger partial charge is 0.446 e. The lowest BCUT2D eigenvalue weighted by atomic mass is 10.0. The zero-order valence-electron chi connectivity index (χ0n) is 18.0. The number of aliphatic hydroxyl groups is 1. The maximum atomic E-state index is 13.4. The van der Waals surface area contributed by atoms with Crippen LogP contribution in [0.5, 0.6) is 0 Å². The molecule has 0 unspecified atom stereocenters. The van der Waals surface area contributed by atoms with Crippen molar-refractivity contribution in [1.29, 1.82) is 0 Å². The second-order valence-electron chi connectivity index (χ2n) is 7.80. The molecule has 0 spiro atoms. The van der Waals surface area contributed by atoms with Crippen molar-refractivity contribution in [2.24, 2.45) is 0 Å². The normalized spacial score (nSPS) is 11.6. The van der Waals surface area contributed by atoms with Crippen LogP contribution < -0.4 is 0 Å². The molecule has 0 aliphatic rings. The number of carbonyl (C=O) groups excluding carboxylic acids is 1. The Kier molecular flexibility index (Phi) is 6.66. The number of aryl methyl sites for hydroxylation is 1. The molecule has 2 aromatic heterocycles. The monoisotopic (exact) mass is 411 g/mol. The second kappa shape index (κ2) is 9.21. The van der Waals surface area contributed by atoms with Crippen molar-refractivity contribution in [2.45, 2.75) is 52.6 Å². The van der Waals surface area contributed by atoms with Crippen molar-refractivity contribution >= 4 is 5.91 Å². The number of amides is 1. The minimum absolute atomic E-state index is 0.0812. The molecule has 3 rings (SSSR count). The highest BCUT2D eigenvalue weighted by Crippen LogP contribution is 2.23. The first-order chi connectivity index (χ1) is 14.3. The first-order valence-corrected chi connectivity index (χ1v) is 10.3. The number of aromatic nitrogens is 4. The Labute approximate surface area is 176 Å². The zero-order chi connectivity index (χ0) is 21.7. The Morgan fingerprint density at radius 2 is 1.90 bits per heavy atom. The second-order valence-corrected chi connectivity index (χ2v) is 7.80. The summed E-state index contributed by atoms with van der Waals surface area (Å²) in [4.78, 5) is 21.1. The highest BCUT2D eigenvalue weighted by molar-refractivity contribution is 5.97. The first-order valence-electron chi connectivity index (χ1n) is 10.3. The Bertz CT molecular complexity index is 973. The van der Waals surface area contributed by atoms with Crippen molar-refractivity contribution in [3.8, 4) is 5.69 Å². The van der Waals surface area contributed by atoms with Gasteiger partial charge in [-0.05, 0) is 39.3 Å². The lowest BCUT2D eigenvalue weighted by molar-refractivity contribution is 0.0724. The van der Waals surface area contributed by atoms with Gasteiger partial charge in [0.05, 0.1) is 23.6 Å². The third-order valence-corrected chi connectivity index (χ3v) is 4.85. The summed E-state index contributed by atoms with van der Waals surface area (Å²) in [5, 5.41) is 18.6. The van der Waals surface area contributed by atoms with E-state index in [9.17, 15) is 9.90 Å². The van der Waals surface area contributed by atoms with Gasteiger partial charge in [0, 0.05) is 19.5 Å². The summed E-state index contributed by atoms with van der Waals surface area (Å²) in [5.74, 6) is 1.03. The number of nitrogens with zero attached hydrogens (tertiary/aromatic N) is 5. The standard InChI is InChI=1S/C22H29N5O3/c1-5-6-14-26(15-11-19-25-20(16(2)30-19)22(3,4)29)21(28)17-9-7-8-10-18(17)27-23-12-13-24-27/h7-10,12-13,29H,5-6,11,14-15H2,1-4H3. The molecule has 0 atom stereocenters. The minimum Gasteiger partial charge on any atom is -0.446 e. The van der Waals surface area contributed by atoms with Gasteiger partial charge in [0.25, 0.3) is 5.91 Å². The van der Waals surface area contributed by atoms with Crippen LogP contribution in [0.1, 0.15) is 61.3 Å². The molecule has 0 radical (unpaired) electrons. The van der Waals surface area contributed by atoms with E-state index < -0.39 is 5.60 Å². The Morgan fingerprint density at radius 3 is 2.53 bits per heavy atom. The first kappa shape index (κ1) is 21.7. The number of para-hydroxylation sites is 1. The van der Waals surface area contributed by atoms with Gasteiger partial charge in [-0.1, -0.05) is 25.5 Å². The van der Waals surface area contributed by atoms with Crippen molar-refractivity contribution in [2.75, 3.05) is 13.1 Å². The van der Waals surface area contributed by atoms with E-state index in [2.05, 4.69) is 22.1 Å². The lowest BCUT2D eigenvalue weighted by Gasteiger charge is -2.23. The fourth-order valence-corrected chi connectivity index (χ4v) is 3.36. The van der Waals surface area contributed by atoms with E-state index in [1.54, 1.807) is 39.2 Å². The lowest BCUT2D eigenvalue weighted by Crippen LogP contribution is -2.34. The molecule has 0 aliphatic heterocycles. The van der Waals surface area contributed by atoms with Gasteiger partial charge in [0.1, 0.15) is 17.1 Å². The quantitative estimate of drug-likeness (QED) is 0.580. The summed E-state index contributed by atoms with van der Waals surface area (Å²) < 4.78 is 5.73. The van der Waals surface area contributed by atoms with Gasteiger partial charge < -0.3 is 14.4 Å². The van der Waals surface area contributed by atoms with Crippen LogP contribution in [-0.2, 0) is 12.0 Å². The van der Waals surface area contributed by atoms with Crippen molar-refractivity contribution in [1.82, 2.24) is 24.9 Å². The number of oxazole rings is 1. The summed E-state index contributed by atoms with van der Waals surface area (Å²) in [6, 6.07) is 7.32. The van der Waals surface area contributed by atoms with Gasteiger partial charge in [-0.2, -0.15) is 15.0 Å². The van der Waals surface area contributed by atoms with Crippen molar-refractivity contribution < 1.29 is 14.3 Å². The number of hydrogen-bond donors (Lipinski definition) is 1. The van der Waals surface area contributed by atoms with Gasteiger partial charge >= 0.3 is 0 Å². The molecular formula is C22H29N5O3. The van der Waals surface area contributed by atoms with Crippen LogP contribution in [0.15, 0.2) is 41.1 Å². The third kappa shape index (κ3) is 4.94. The molecule has 0 aliphatic carbocycles. The number of carbonyl (C=O) groups is 1. The van der Waals surface area contributed by atoms with Crippen LogP contribution in [-0.4, -0.2) is 49.0 Å². The van der Waals surface area contributed by atoms with Gasteiger partial charge in [0.2, 0.25) is 0 Å². The van der Waals surface area contributed by atoms with Crippen molar-refractivity contribution in [3.63, 3.8) is 0 Å². The molecule has 1 amide bonds. The SMILES string of the molecule is CCCCN(CCc1nc(C(C)(C)O)c(C)o1)C(=O)c1ccccc1-n1nccn1. The average molecular weight is 412 g/mol. The van der Waals surface area contributed by atoms with Crippen LogP contribution >= 0.6 is 0 Å². The summed E-state index contributed by atoms with van der Waals surface area (Å²) in [6.07, 6.45) is 5.51. The molecule has 1 N–H and O–H groups in total. The van der Waals surface area contributed by atoms with E-state index in [-0.39, 0.29) is 5.91 Å². The predicted octanol–water partition coefficient (Wildman–Crippen LogP) is 3.28. The van der Waals surface area contributed by atoms with Crippen LogP contribution in [0.4, 0.5) is 0 Å². The molecule has 0 saturated carbocycles. The van der Waals surface area contributed by atoms with Crippen LogP contribution in [0.3, 0.4) is 0 Å². The van der Waals surface area contributed by atoms with Crippen molar-refractivity contribution in [3.05, 3.63) is 59.6 Å². The molecule has 3 aromatic rings. The predicted molar refractivity (Wildman–Crippen MR) is 112 cm³/mol. The van der Waals surface area contributed by atoms with Crippen LogP contribution in [0, 0.1) is 6.92 Å². The van der Waals surface area contributed by atoms with Crippen LogP contribution in [0.25, 0.3) is 5.69 Å². The van der Waals surface area contributed by atoms with E-state index in [1.807, 2.05) is 23.1 Å². The maximum absolute atomic E-state index is 13.4. The zero-order valence-corrected chi connectivity index (χ0v) is 18.0. The molecule has 1 aromatic carbocycles. The summed E-state index contributed by atoms with van der Waals surface area (Å²) in [7, 11) is 0. The molecule has 30 heavy (non-hydrogen) atoms. The summed E-state index contributed by atoms with van der Waals surface area (Å²) in [5.41, 5.74) is 0.647. The fraction of sp³-hybridized carbons (Fsp3) is 0.455. The summed E-state index contributed by atoms with van der Waals surface area (Å²) >= 11 is 0. The molecule has 0 fully saturated rings. The van der Waals surface area contributed by atoms with E-state index in [1.165, 1.54) is 4.80 Å². The number of hydrogen-bond acceptors (Lipinski definition) is 6. The third-order valence-electron chi connectivity index (χ3n) is 4.85. The van der Waals surface area contributed by atoms with Crippen LogP contribution in [0.2, 0.25) is 0 Å². The topological polar surface area (TPSA) is 97.3 Å². The molecule has 2 heterocycles. The molecule has 0 bridgehead atoms.